The third kappa shape index (κ3) is 7.06. The number of unbranched alkanes of at least 4 members (excludes halogenated alkanes) is 1. The quantitative estimate of drug-likeness (QED) is 0.338. The number of nitrogens with one attached hydrogen (secondary N) is 2. The van der Waals surface area contributed by atoms with Gasteiger partial charge in [0.2, 0.25) is 0 Å². The lowest BCUT2D eigenvalue weighted by atomic mass is 9.93. The molecule has 2 heterocycles. The molecule has 1 aromatic heterocycles. The Morgan fingerprint density at radius 3 is 2.47 bits per heavy atom. The number of aromatic amines is 1. The van der Waals surface area contributed by atoms with Crippen molar-refractivity contribution in [2.24, 2.45) is 5.41 Å². The van der Waals surface area contributed by atoms with Gasteiger partial charge in [0.15, 0.2) is 0 Å². The molecule has 4 N–H and O–H groups in total. The Hall–Kier alpha value is -2.38. The standard InChI is InChI=1S/C27H44N6O/c1-7-8-9-24-30-23(17-28)25(31-24)21-16-20(10-11-22(21)29)33-14-12-32(13-15-33)18-27(5,6)19-34-26(2,3)4/h10-11,16-17,28H,7-9,12-15,18-19,29H2,1-6H3,(H,30,31). The van der Waals surface area contributed by atoms with Crippen molar-refractivity contribution in [3.8, 4) is 11.3 Å². The summed E-state index contributed by atoms with van der Waals surface area (Å²) in [5.41, 5.74) is 10.6. The number of rotatable bonds is 10. The average Bonchev–Trinajstić information content (AvgIpc) is 3.20. The molecule has 0 aliphatic carbocycles. The molecule has 0 bridgehead atoms. The average molecular weight is 469 g/mol. The van der Waals surface area contributed by atoms with Gasteiger partial charge in [0, 0.05) is 67.7 Å². The van der Waals surface area contributed by atoms with Crippen molar-refractivity contribution in [1.29, 1.82) is 5.41 Å². The van der Waals surface area contributed by atoms with E-state index in [4.69, 9.17) is 20.9 Å². The smallest absolute Gasteiger partial charge is 0.107 e. The van der Waals surface area contributed by atoms with Crippen molar-refractivity contribution >= 4 is 17.6 Å². The number of nitrogens with two attached hydrogens (primary N) is 1. The van der Waals surface area contributed by atoms with Gasteiger partial charge in [-0.25, -0.2) is 4.98 Å². The van der Waals surface area contributed by atoms with Gasteiger partial charge in [0.1, 0.15) is 5.82 Å². The molecule has 0 unspecified atom stereocenters. The molecule has 1 fully saturated rings. The van der Waals surface area contributed by atoms with Crippen LogP contribution in [0.2, 0.25) is 0 Å². The molecule has 3 rings (SSSR count). The van der Waals surface area contributed by atoms with Gasteiger partial charge in [-0.05, 0) is 45.4 Å². The maximum absolute atomic E-state index is 7.84. The van der Waals surface area contributed by atoms with Crippen LogP contribution in [0.4, 0.5) is 11.4 Å². The molecule has 2 aromatic rings. The van der Waals surface area contributed by atoms with E-state index in [1.165, 1.54) is 6.21 Å². The highest BCUT2D eigenvalue weighted by Crippen LogP contribution is 2.32. The molecule has 1 aliphatic heterocycles. The summed E-state index contributed by atoms with van der Waals surface area (Å²) in [5.74, 6) is 0.923. The summed E-state index contributed by atoms with van der Waals surface area (Å²) in [6, 6.07) is 6.21. The molecule has 0 saturated carbocycles. The van der Waals surface area contributed by atoms with E-state index in [1.54, 1.807) is 0 Å². The van der Waals surface area contributed by atoms with E-state index in [-0.39, 0.29) is 11.0 Å². The first-order chi connectivity index (χ1) is 16.0. The Balaban J connectivity index is 1.67. The molecular formula is C27H44N6O. The van der Waals surface area contributed by atoms with Crippen molar-refractivity contribution < 1.29 is 4.74 Å². The molecule has 34 heavy (non-hydrogen) atoms. The zero-order valence-electron chi connectivity index (χ0n) is 22.0. The monoisotopic (exact) mass is 468 g/mol. The van der Waals surface area contributed by atoms with Crippen LogP contribution in [0.15, 0.2) is 18.2 Å². The minimum atomic E-state index is -0.106. The van der Waals surface area contributed by atoms with Gasteiger partial charge in [-0.2, -0.15) is 0 Å². The number of aromatic nitrogens is 2. The van der Waals surface area contributed by atoms with E-state index in [0.29, 0.717) is 5.69 Å². The van der Waals surface area contributed by atoms with Gasteiger partial charge in [-0.15, -0.1) is 0 Å². The van der Waals surface area contributed by atoms with Gasteiger partial charge in [0.05, 0.1) is 23.6 Å². The Morgan fingerprint density at radius 2 is 1.85 bits per heavy atom. The number of benzene rings is 1. The fraction of sp³-hybridized carbons (Fsp3) is 0.630. The summed E-state index contributed by atoms with van der Waals surface area (Å²) in [4.78, 5) is 13.1. The van der Waals surface area contributed by atoms with Crippen molar-refractivity contribution in [3.63, 3.8) is 0 Å². The van der Waals surface area contributed by atoms with E-state index < -0.39 is 0 Å². The Morgan fingerprint density at radius 1 is 1.15 bits per heavy atom. The molecule has 188 valence electrons. The summed E-state index contributed by atoms with van der Waals surface area (Å²) in [7, 11) is 0. The molecule has 7 heteroatoms. The fourth-order valence-corrected chi connectivity index (χ4v) is 4.38. The predicted octanol–water partition coefficient (Wildman–Crippen LogP) is 4.96. The summed E-state index contributed by atoms with van der Waals surface area (Å²) in [5, 5.41) is 7.84. The number of piperazine rings is 1. The molecule has 0 radical (unpaired) electrons. The SMILES string of the molecule is CCCCc1nc(-c2cc(N3CCN(CC(C)(C)COC(C)(C)C)CC3)ccc2N)c(C=N)[nH]1. The zero-order chi connectivity index (χ0) is 24.9. The first kappa shape index (κ1) is 26.2. The number of imidazole rings is 1. The van der Waals surface area contributed by atoms with Crippen molar-refractivity contribution in [3.05, 3.63) is 29.7 Å². The van der Waals surface area contributed by atoms with Crippen LogP contribution in [0.5, 0.6) is 0 Å². The van der Waals surface area contributed by atoms with E-state index >= 15 is 0 Å². The van der Waals surface area contributed by atoms with Crippen LogP contribution in [-0.4, -0.2) is 66.0 Å². The second kappa shape index (κ2) is 10.9. The third-order valence-corrected chi connectivity index (χ3v) is 6.27. The van der Waals surface area contributed by atoms with Gasteiger partial charge < -0.3 is 25.8 Å². The van der Waals surface area contributed by atoms with Gasteiger partial charge in [0.25, 0.3) is 0 Å². The van der Waals surface area contributed by atoms with Crippen LogP contribution in [0.25, 0.3) is 11.3 Å². The normalized spacial score (nSPS) is 15.6. The van der Waals surface area contributed by atoms with Crippen molar-refractivity contribution in [2.75, 3.05) is 50.0 Å². The summed E-state index contributed by atoms with van der Waals surface area (Å²) in [6.07, 6.45) is 4.41. The van der Waals surface area contributed by atoms with Crippen LogP contribution < -0.4 is 10.6 Å². The van der Waals surface area contributed by atoms with E-state index in [1.807, 2.05) is 6.07 Å². The topological polar surface area (TPSA) is 94.3 Å². The van der Waals surface area contributed by atoms with Crippen LogP contribution in [0, 0.1) is 10.8 Å². The lowest BCUT2D eigenvalue weighted by Gasteiger charge is -2.40. The fourth-order valence-electron chi connectivity index (χ4n) is 4.38. The number of nitrogen functional groups attached to an aromatic ring is 1. The van der Waals surface area contributed by atoms with Gasteiger partial charge >= 0.3 is 0 Å². The van der Waals surface area contributed by atoms with Crippen molar-refractivity contribution in [2.45, 2.75) is 66.4 Å². The molecule has 0 amide bonds. The maximum Gasteiger partial charge on any atom is 0.107 e. The minimum absolute atomic E-state index is 0.106. The lowest BCUT2D eigenvalue weighted by molar-refractivity contribution is -0.0509. The molecular weight excluding hydrogens is 424 g/mol. The van der Waals surface area contributed by atoms with E-state index in [0.717, 1.165) is 87.1 Å². The highest BCUT2D eigenvalue weighted by atomic mass is 16.5. The Labute approximate surface area is 205 Å². The number of ether oxygens (including phenoxy) is 1. The minimum Gasteiger partial charge on any atom is -0.398 e. The molecule has 0 atom stereocenters. The first-order valence-corrected chi connectivity index (χ1v) is 12.6. The highest BCUT2D eigenvalue weighted by Gasteiger charge is 2.27. The van der Waals surface area contributed by atoms with Crippen molar-refractivity contribution in [1.82, 2.24) is 14.9 Å². The predicted molar refractivity (Wildman–Crippen MR) is 143 cm³/mol. The first-order valence-electron chi connectivity index (χ1n) is 12.6. The van der Waals surface area contributed by atoms with E-state index in [9.17, 15) is 0 Å². The molecule has 1 saturated heterocycles. The number of H-pyrrole nitrogens is 1. The number of aryl methyl sites for hydroxylation is 1. The van der Waals surface area contributed by atoms with Crippen LogP contribution in [-0.2, 0) is 11.2 Å². The van der Waals surface area contributed by atoms with Crippen LogP contribution in [0.1, 0.15) is 65.9 Å². The number of anilines is 2. The highest BCUT2D eigenvalue weighted by molar-refractivity contribution is 5.89. The van der Waals surface area contributed by atoms with E-state index in [2.05, 4.69) is 68.5 Å². The largest absolute Gasteiger partial charge is 0.398 e. The number of hydrogen-bond acceptors (Lipinski definition) is 6. The summed E-state index contributed by atoms with van der Waals surface area (Å²) < 4.78 is 6.06. The molecule has 1 aliphatic rings. The van der Waals surface area contributed by atoms with Crippen LogP contribution in [0.3, 0.4) is 0 Å². The number of hydrogen-bond donors (Lipinski definition) is 3. The molecule has 0 spiro atoms. The zero-order valence-corrected chi connectivity index (χ0v) is 22.0. The van der Waals surface area contributed by atoms with Gasteiger partial charge in [-0.3, -0.25) is 4.90 Å². The Bertz CT molecular complexity index is 951. The maximum atomic E-state index is 7.84. The summed E-state index contributed by atoms with van der Waals surface area (Å²) in [6.45, 7) is 18.9. The second-order valence-corrected chi connectivity index (χ2v) is 11.3. The Kier molecular flexibility index (Phi) is 8.42. The molecule has 1 aromatic carbocycles. The lowest BCUT2D eigenvalue weighted by Crippen LogP contribution is -2.50. The molecule has 7 nitrogen and oxygen atoms in total. The van der Waals surface area contributed by atoms with Crippen LogP contribution >= 0.6 is 0 Å². The second-order valence-electron chi connectivity index (χ2n) is 11.3. The summed E-state index contributed by atoms with van der Waals surface area (Å²) >= 11 is 0. The van der Waals surface area contributed by atoms with Gasteiger partial charge in [-0.1, -0.05) is 27.2 Å². The third-order valence-electron chi connectivity index (χ3n) is 6.27. The number of nitrogens with zero attached hydrogens (tertiary/aromatic N) is 3.